The van der Waals surface area contributed by atoms with E-state index in [1.54, 1.807) is 25.3 Å². The molecule has 3 rings (SSSR count). The summed E-state index contributed by atoms with van der Waals surface area (Å²) in [6, 6.07) is 13.1. The number of hydrogen-bond acceptors (Lipinski definition) is 5. The lowest BCUT2D eigenvalue weighted by molar-refractivity contribution is -0.118. The average molecular weight is 475 g/mol. The smallest absolute Gasteiger partial charge is 0.221 e. The predicted octanol–water partition coefficient (Wildman–Crippen LogP) is 4.78. The SMILES string of the molecule is COc1ccc(NC(C)=O)c(OCCCN2CCC(O)(Cc3ccc(Cl)cc3)C(C)(C)C2)c1. The molecule has 1 atom stereocenters. The molecule has 1 aliphatic heterocycles. The lowest BCUT2D eigenvalue weighted by atomic mass is 9.67. The number of likely N-dealkylation sites (tertiary alicyclic amines) is 1. The van der Waals surface area contributed by atoms with Crippen LogP contribution in [0.4, 0.5) is 5.69 Å². The zero-order valence-electron chi connectivity index (χ0n) is 20.0. The Balaban J connectivity index is 1.52. The van der Waals surface area contributed by atoms with Crippen molar-refractivity contribution in [2.75, 3.05) is 38.7 Å². The van der Waals surface area contributed by atoms with E-state index in [9.17, 15) is 9.90 Å². The Bertz CT molecular complexity index is 948. The molecule has 0 spiro atoms. The van der Waals surface area contributed by atoms with Crippen LogP contribution < -0.4 is 14.8 Å². The van der Waals surface area contributed by atoms with Gasteiger partial charge >= 0.3 is 0 Å². The fourth-order valence-corrected chi connectivity index (χ4v) is 4.56. The minimum Gasteiger partial charge on any atom is -0.497 e. The number of piperidine rings is 1. The zero-order chi connectivity index (χ0) is 24.1. The first kappa shape index (κ1) is 25.3. The molecule has 2 aromatic rings. The van der Waals surface area contributed by atoms with Crippen molar-refractivity contribution >= 4 is 23.2 Å². The molecule has 1 amide bonds. The number of carbonyl (C=O) groups excluding carboxylic acids is 1. The van der Waals surface area contributed by atoms with Crippen LogP contribution in [-0.2, 0) is 11.2 Å². The molecule has 0 aliphatic carbocycles. The van der Waals surface area contributed by atoms with Gasteiger partial charge in [-0.05, 0) is 42.7 Å². The highest BCUT2D eigenvalue weighted by Gasteiger charge is 2.47. The summed E-state index contributed by atoms with van der Waals surface area (Å²) in [5, 5.41) is 15.0. The van der Waals surface area contributed by atoms with Crippen molar-refractivity contribution in [3.63, 3.8) is 0 Å². The molecule has 1 heterocycles. The summed E-state index contributed by atoms with van der Waals surface area (Å²) in [5.41, 5.74) is 0.721. The molecule has 2 N–H and O–H groups in total. The van der Waals surface area contributed by atoms with Crippen LogP contribution in [0.5, 0.6) is 11.5 Å². The summed E-state index contributed by atoms with van der Waals surface area (Å²) >= 11 is 6.01. The number of methoxy groups -OCH3 is 1. The topological polar surface area (TPSA) is 71.0 Å². The third-order valence-corrected chi connectivity index (χ3v) is 6.76. The largest absolute Gasteiger partial charge is 0.497 e. The van der Waals surface area contributed by atoms with E-state index in [2.05, 4.69) is 24.1 Å². The van der Waals surface area contributed by atoms with E-state index in [4.69, 9.17) is 21.1 Å². The second-order valence-corrected chi connectivity index (χ2v) is 9.93. The molecule has 33 heavy (non-hydrogen) atoms. The molecule has 7 heteroatoms. The first-order chi connectivity index (χ1) is 15.6. The van der Waals surface area contributed by atoms with Crippen LogP contribution in [-0.4, -0.2) is 54.9 Å². The molecular weight excluding hydrogens is 440 g/mol. The zero-order valence-corrected chi connectivity index (χ0v) is 20.7. The molecule has 0 saturated carbocycles. The third kappa shape index (κ3) is 6.62. The molecule has 2 aromatic carbocycles. The van der Waals surface area contributed by atoms with Crippen LogP contribution in [0.1, 0.15) is 39.2 Å². The maximum absolute atomic E-state index is 11.5. The molecule has 0 bridgehead atoms. The van der Waals surface area contributed by atoms with Gasteiger partial charge in [0.05, 0.1) is 25.0 Å². The first-order valence-electron chi connectivity index (χ1n) is 11.4. The Morgan fingerprint density at radius 3 is 2.58 bits per heavy atom. The van der Waals surface area contributed by atoms with E-state index in [1.807, 2.05) is 24.3 Å². The van der Waals surface area contributed by atoms with E-state index < -0.39 is 5.60 Å². The highest BCUT2D eigenvalue weighted by molar-refractivity contribution is 6.30. The van der Waals surface area contributed by atoms with E-state index >= 15 is 0 Å². The molecule has 1 fully saturated rings. The minimum atomic E-state index is -0.762. The Hall–Kier alpha value is -2.28. The monoisotopic (exact) mass is 474 g/mol. The highest BCUT2D eigenvalue weighted by Crippen LogP contribution is 2.41. The molecule has 1 aliphatic rings. The number of aliphatic hydroxyl groups is 1. The van der Waals surface area contributed by atoms with Crippen molar-refractivity contribution in [2.24, 2.45) is 5.41 Å². The number of benzene rings is 2. The van der Waals surface area contributed by atoms with Gasteiger partial charge in [-0.15, -0.1) is 0 Å². The summed E-state index contributed by atoms with van der Waals surface area (Å²) in [6.45, 7) is 8.80. The number of nitrogens with zero attached hydrogens (tertiary/aromatic N) is 1. The number of carbonyl (C=O) groups is 1. The van der Waals surface area contributed by atoms with E-state index in [0.717, 1.165) is 31.6 Å². The van der Waals surface area contributed by atoms with Crippen molar-refractivity contribution < 1.29 is 19.4 Å². The summed E-state index contributed by atoms with van der Waals surface area (Å²) in [7, 11) is 1.60. The number of nitrogens with one attached hydrogen (secondary N) is 1. The van der Waals surface area contributed by atoms with Gasteiger partial charge in [-0.25, -0.2) is 0 Å². The maximum Gasteiger partial charge on any atom is 0.221 e. The molecule has 0 radical (unpaired) electrons. The van der Waals surface area contributed by atoms with Gasteiger partial charge in [-0.3, -0.25) is 4.79 Å². The fraction of sp³-hybridized carbons (Fsp3) is 0.500. The molecule has 0 aromatic heterocycles. The molecule has 1 unspecified atom stereocenters. The number of amides is 1. The summed E-state index contributed by atoms with van der Waals surface area (Å²) in [4.78, 5) is 13.9. The molecule has 1 saturated heterocycles. The van der Waals surface area contributed by atoms with Crippen molar-refractivity contribution in [3.8, 4) is 11.5 Å². The number of ether oxygens (including phenoxy) is 2. The summed E-state index contributed by atoms with van der Waals surface area (Å²) in [6.07, 6.45) is 2.17. The Kier molecular flexibility index (Phi) is 8.27. The second-order valence-electron chi connectivity index (χ2n) is 9.49. The lowest BCUT2D eigenvalue weighted by Gasteiger charge is -2.50. The lowest BCUT2D eigenvalue weighted by Crippen LogP contribution is -2.58. The van der Waals surface area contributed by atoms with Gasteiger partial charge in [0.1, 0.15) is 11.5 Å². The van der Waals surface area contributed by atoms with Gasteiger partial charge in [0.25, 0.3) is 0 Å². The summed E-state index contributed by atoms with van der Waals surface area (Å²) < 4.78 is 11.2. The van der Waals surface area contributed by atoms with Crippen molar-refractivity contribution in [3.05, 3.63) is 53.1 Å². The Morgan fingerprint density at radius 2 is 1.94 bits per heavy atom. The van der Waals surface area contributed by atoms with E-state index in [1.165, 1.54) is 6.92 Å². The molecule has 6 nitrogen and oxygen atoms in total. The van der Waals surface area contributed by atoms with Gasteiger partial charge in [0, 0.05) is 49.5 Å². The van der Waals surface area contributed by atoms with Gasteiger partial charge < -0.3 is 24.8 Å². The van der Waals surface area contributed by atoms with E-state index in [0.29, 0.717) is 41.7 Å². The van der Waals surface area contributed by atoms with Crippen LogP contribution in [0.3, 0.4) is 0 Å². The quantitative estimate of drug-likeness (QED) is 0.512. The highest BCUT2D eigenvalue weighted by atomic mass is 35.5. The normalized spacial score (nSPS) is 20.3. The molecule has 180 valence electrons. The van der Waals surface area contributed by atoms with Gasteiger partial charge in [-0.1, -0.05) is 37.6 Å². The number of hydrogen-bond donors (Lipinski definition) is 2. The number of anilines is 1. The Labute approximate surface area is 201 Å². The third-order valence-electron chi connectivity index (χ3n) is 6.51. The van der Waals surface area contributed by atoms with Crippen LogP contribution in [0.25, 0.3) is 0 Å². The second kappa shape index (κ2) is 10.8. The van der Waals surface area contributed by atoms with Gasteiger partial charge in [0.2, 0.25) is 5.91 Å². The fourth-order valence-electron chi connectivity index (χ4n) is 4.44. The Morgan fingerprint density at radius 1 is 1.21 bits per heavy atom. The van der Waals surface area contributed by atoms with Gasteiger partial charge in [-0.2, -0.15) is 0 Å². The maximum atomic E-state index is 11.5. The van der Waals surface area contributed by atoms with Crippen LogP contribution >= 0.6 is 11.6 Å². The van der Waals surface area contributed by atoms with Crippen molar-refractivity contribution in [1.82, 2.24) is 4.90 Å². The predicted molar refractivity (Wildman–Crippen MR) is 132 cm³/mol. The number of rotatable bonds is 9. The first-order valence-corrected chi connectivity index (χ1v) is 11.8. The van der Waals surface area contributed by atoms with Gasteiger partial charge in [0.15, 0.2) is 0 Å². The summed E-state index contributed by atoms with van der Waals surface area (Å²) in [5.74, 6) is 1.13. The average Bonchev–Trinajstić information content (AvgIpc) is 2.76. The molecular formula is C26H35ClN2O4. The van der Waals surface area contributed by atoms with Crippen molar-refractivity contribution in [2.45, 2.75) is 45.6 Å². The van der Waals surface area contributed by atoms with Crippen molar-refractivity contribution in [1.29, 1.82) is 0 Å². The minimum absolute atomic E-state index is 0.147. The standard InChI is InChI=1S/C26H35ClN2O4/c1-19(30)28-23-11-10-22(32-4)16-24(23)33-15-5-13-29-14-12-26(31,25(2,3)18-29)17-20-6-8-21(27)9-7-20/h6-11,16,31H,5,12-15,17-18H2,1-4H3,(H,28,30). The van der Waals surface area contributed by atoms with Crippen LogP contribution in [0.2, 0.25) is 5.02 Å². The van der Waals surface area contributed by atoms with Crippen LogP contribution in [0.15, 0.2) is 42.5 Å². The van der Waals surface area contributed by atoms with E-state index in [-0.39, 0.29) is 11.3 Å². The van der Waals surface area contributed by atoms with Crippen LogP contribution in [0, 0.1) is 5.41 Å². The number of halogens is 1.